The summed E-state index contributed by atoms with van der Waals surface area (Å²) in [5.41, 5.74) is 5.59. The number of hydrogen-bond donors (Lipinski definition) is 0. The van der Waals surface area contributed by atoms with Crippen molar-refractivity contribution < 1.29 is 0 Å². The van der Waals surface area contributed by atoms with Crippen LogP contribution in [0, 0.1) is 27.7 Å². The molecule has 0 aromatic heterocycles. The van der Waals surface area contributed by atoms with Gasteiger partial charge in [-0.1, -0.05) is 0 Å². The predicted molar refractivity (Wildman–Crippen MR) is 129 cm³/mol. The Hall–Kier alpha value is -2.30. The van der Waals surface area contributed by atoms with Gasteiger partial charge in [-0.05, 0) is 0 Å². The van der Waals surface area contributed by atoms with E-state index < -0.39 is 18.8 Å². The van der Waals surface area contributed by atoms with Gasteiger partial charge in [-0.2, -0.15) is 0 Å². The molecule has 0 spiro atoms. The van der Waals surface area contributed by atoms with Gasteiger partial charge in [-0.15, -0.1) is 0 Å². The Morgan fingerprint density at radius 1 is 0.345 bits per heavy atom. The molecule has 1 radical (unpaired) electrons. The van der Waals surface area contributed by atoms with Crippen molar-refractivity contribution in [3.63, 3.8) is 0 Å². The van der Waals surface area contributed by atoms with Crippen LogP contribution in [0.3, 0.4) is 0 Å². The van der Waals surface area contributed by atoms with Gasteiger partial charge < -0.3 is 0 Å². The van der Waals surface area contributed by atoms with Crippen molar-refractivity contribution >= 4 is 32.8 Å². The molecule has 0 nitrogen and oxygen atoms in total. The first-order chi connectivity index (χ1) is 14.1. The van der Waals surface area contributed by atoms with Crippen molar-refractivity contribution in [1.82, 2.24) is 0 Å². The zero-order valence-corrected chi connectivity index (χ0v) is 20.2. The Morgan fingerprint density at radius 3 is 0.759 bits per heavy atom. The van der Waals surface area contributed by atoms with Crippen molar-refractivity contribution in [2.75, 3.05) is 0 Å². The van der Waals surface area contributed by atoms with E-state index in [4.69, 9.17) is 0 Å². The molecular weight excluding hydrogens is 458 g/mol. The number of aryl methyl sites for hydroxylation is 4. The van der Waals surface area contributed by atoms with Gasteiger partial charge in [0.2, 0.25) is 0 Å². The minimum atomic E-state index is -3.41. The third kappa shape index (κ3) is 3.34. The van der Waals surface area contributed by atoms with Crippen LogP contribution in [-0.4, -0.2) is 18.8 Å². The molecule has 0 saturated heterocycles. The molecule has 4 aromatic rings. The summed E-state index contributed by atoms with van der Waals surface area (Å²) in [6.07, 6.45) is 0. The second kappa shape index (κ2) is 8.21. The molecule has 4 rings (SSSR count). The van der Waals surface area contributed by atoms with Gasteiger partial charge in [0.05, 0.1) is 0 Å². The summed E-state index contributed by atoms with van der Waals surface area (Å²) in [7, 11) is 0. The van der Waals surface area contributed by atoms with Gasteiger partial charge in [0.15, 0.2) is 0 Å². The summed E-state index contributed by atoms with van der Waals surface area (Å²) >= 11 is -3.41. The monoisotopic (exact) mass is 485 g/mol. The van der Waals surface area contributed by atoms with Gasteiger partial charge >= 0.3 is 180 Å². The molecule has 0 aliphatic carbocycles. The number of benzene rings is 4. The van der Waals surface area contributed by atoms with Crippen LogP contribution in [0.25, 0.3) is 0 Å². The average Bonchev–Trinajstić information content (AvgIpc) is 2.73. The summed E-state index contributed by atoms with van der Waals surface area (Å²) in [5, 5.41) is 0. The Labute approximate surface area is 179 Å². The van der Waals surface area contributed by atoms with Crippen molar-refractivity contribution in [3.05, 3.63) is 119 Å². The molecule has 0 saturated carbocycles. The van der Waals surface area contributed by atoms with Crippen molar-refractivity contribution in [1.29, 1.82) is 0 Å². The van der Waals surface area contributed by atoms with E-state index in [1.165, 1.54) is 22.3 Å². The second-order valence-electron chi connectivity index (χ2n) is 7.82. The molecule has 29 heavy (non-hydrogen) atoms. The van der Waals surface area contributed by atoms with Gasteiger partial charge in [0.25, 0.3) is 0 Å². The van der Waals surface area contributed by atoms with Crippen LogP contribution in [0.15, 0.2) is 97.1 Å². The first-order valence-corrected chi connectivity index (χ1v) is 15.3. The van der Waals surface area contributed by atoms with Gasteiger partial charge in [-0.3, -0.25) is 0 Å². The molecule has 145 valence electrons. The van der Waals surface area contributed by atoms with E-state index in [2.05, 4.69) is 125 Å². The third-order valence-corrected chi connectivity index (χ3v) is 19.9. The maximum atomic E-state index is 2.40. The summed E-state index contributed by atoms with van der Waals surface area (Å²) in [6.45, 7) is 9.14. The van der Waals surface area contributed by atoms with E-state index in [0.717, 1.165) is 0 Å². The first kappa shape index (κ1) is 20.0. The van der Waals surface area contributed by atoms with Crippen molar-refractivity contribution in [2.24, 2.45) is 0 Å². The zero-order chi connectivity index (χ0) is 20.4. The van der Waals surface area contributed by atoms with Crippen LogP contribution in [-0.2, 0) is 0 Å². The molecule has 0 aliphatic heterocycles. The van der Waals surface area contributed by atoms with E-state index in [1.807, 2.05) is 0 Å². The van der Waals surface area contributed by atoms with E-state index >= 15 is 0 Å². The Kier molecular flexibility index (Phi) is 5.66. The molecule has 1 heteroatoms. The fourth-order valence-corrected chi connectivity index (χ4v) is 19.4. The van der Waals surface area contributed by atoms with Crippen LogP contribution in [0.4, 0.5) is 0 Å². The molecule has 0 atom stereocenters. The van der Waals surface area contributed by atoms with Crippen LogP contribution < -0.4 is 14.0 Å². The molecule has 0 N–H and O–H groups in total. The van der Waals surface area contributed by atoms with E-state index in [9.17, 15) is 0 Å². The predicted octanol–water partition coefficient (Wildman–Crippen LogP) is 4.30. The maximum absolute atomic E-state index is 3.41. The Morgan fingerprint density at radius 2 is 0.552 bits per heavy atom. The number of hydrogen-bond acceptors (Lipinski definition) is 0. The van der Waals surface area contributed by atoms with Crippen LogP contribution in [0.5, 0.6) is 0 Å². The topological polar surface area (TPSA) is 0 Å². The molecular formula is C28H28Sb. The van der Waals surface area contributed by atoms with Crippen LogP contribution in [0.1, 0.15) is 22.3 Å². The summed E-state index contributed by atoms with van der Waals surface area (Å²) in [4.78, 5) is 0. The summed E-state index contributed by atoms with van der Waals surface area (Å²) in [5.74, 6) is 0. The van der Waals surface area contributed by atoms with Crippen LogP contribution >= 0.6 is 0 Å². The Bertz CT molecular complexity index is 969. The molecule has 0 aliphatic rings. The van der Waals surface area contributed by atoms with E-state index in [-0.39, 0.29) is 0 Å². The molecule has 0 unspecified atom stereocenters. The number of rotatable bonds is 4. The molecule has 0 amide bonds. The minimum absolute atomic E-state index is 1.40. The molecule has 0 fully saturated rings. The van der Waals surface area contributed by atoms with E-state index in [0.29, 0.717) is 0 Å². The van der Waals surface area contributed by atoms with Crippen molar-refractivity contribution in [3.8, 4) is 0 Å². The van der Waals surface area contributed by atoms with Crippen molar-refractivity contribution in [2.45, 2.75) is 27.7 Å². The summed E-state index contributed by atoms with van der Waals surface area (Å²) < 4.78 is 6.18. The van der Waals surface area contributed by atoms with Crippen LogP contribution in [0.2, 0.25) is 0 Å². The zero-order valence-electron chi connectivity index (χ0n) is 17.7. The van der Waals surface area contributed by atoms with Gasteiger partial charge in [0, 0.05) is 0 Å². The summed E-state index contributed by atoms with van der Waals surface area (Å²) in [6, 6.07) is 36.3. The average molecular weight is 486 g/mol. The Balaban J connectivity index is 2.28. The van der Waals surface area contributed by atoms with E-state index in [1.54, 1.807) is 14.0 Å². The van der Waals surface area contributed by atoms with Gasteiger partial charge in [-0.25, -0.2) is 0 Å². The fourth-order valence-electron chi connectivity index (χ4n) is 4.54. The SMILES string of the molecule is Cc1cccc[c]1[Sb]([c]1ccccc1C)([c]1ccccc1C)[c]1ccccc1C. The normalized spacial score (nSPS) is 11.4. The van der Waals surface area contributed by atoms with Gasteiger partial charge in [0.1, 0.15) is 0 Å². The molecule has 4 aromatic carbocycles. The third-order valence-electron chi connectivity index (χ3n) is 5.91. The first-order valence-electron chi connectivity index (χ1n) is 10.2. The fraction of sp³-hybridized carbons (Fsp3) is 0.143. The second-order valence-corrected chi connectivity index (χ2v) is 17.1. The quantitative estimate of drug-likeness (QED) is 0.378. The standard InChI is InChI=1S/4C7H7.Sb/c4*1-7-5-3-2-4-6-7;/h4*2-5H,1H3;. The molecule has 0 heterocycles. The molecule has 0 bridgehead atoms.